The average Bonchev–Trinajstić information content (AvgIpc) is 3.01. The molecule has 1 aliphatic carbocycles. The minimum atomic E-state index is -1.20. The monoisotopic (exact) mass is 393 g/mol. The lowest BCUT2D eigenvalue weighted by molar-refractivity contribution is 0.0266. The molecule has 3 aliphatic rings. The molecule has 0 bridgehead atoms. The predicted octanol–water partition coefficient (Wildman–Crippen LogP) is 2.89. The molecule has 0 radical (unpaired) electrons. The van der Waals surface area contributed by atoms with Crippen LogP contribution < -0.4 is 5.73 Å². The van der Waals surface area contributed by atoms with Gasteiger partial charge in [-0.15, -0.1) is 0 Å². The third-order valence-corrected chi connectivity index (χ3v) is 4.90. The number of carbonyl (C=O) groups excluding carboxylic acids is 2. The normalized spacial score (nSPS) is 25.8. The minimum Gasteiger partial charge on any atom is -0.444 e. The summed E-state index contributed by atoms with van der Waals surface area (Å²) in [6.07, 6.45) is 3.66. The number of amides is 2. The first-order valence-corrected chi connectivity index (χ1v) is 9.58. The van der Waals surface area contributed by atoms with Crippen molar-refractivity contribution >= 4 is 12.2 Å². The number of nitrogens with two attached hydrogens (primary N) is 1. The van der Waals surface area contributed by atoms with Crippen LogP contribution in [0.3, 0.4) is 0 Å². The van der Waals surface area contributed by atoms with Crippen molar-refractivity contribution in [3.05, 3.63) is 35.1 Å². The maximum atomic E-state index is 14.9. The van der Waals surface area contributed by atoms with Crippen LogP contribution in [-0.2, 0) is 9.47 Å². The fraction of sp³-hybridized carbons (Fsp3) is 0.600. The molecule has 7 nitrogen and oxygen atoms in total. The summed E-state index contributed by atoms with van der Waals surface area (Å²) in [5.74, 6) is 0. The van der Waals surface area contributed by atoms with E-state index >= 15 is 0 Å². The van der Waals surface area contributed by atoms with E-state index < -0.39 is 17.9 Å². The second-order valence-corrected chi connectivity index (χ2v) is 8.21. The van der Waals surface area contributed by atoms with E-state index in [1.807, 2.05) is 26.8 Å². The van der Waals surface area contributed by atoms with Gasteiger partial charge in [-0.05, 0) is 44.4 Å². The third kappa shape index (κ3) is 4.55. The summed E-state index contributed by atoms with van der Waals surface area (Å²) < 4.78 is 25.4. The molecule has 2 unspecified atom stereocenters. The Kier molecular flexibility index (Phi) is 5.79. The summed E-state index contributed by atoms with van der Waals surface area (Å²) in [5, 5.41) is 0. The highest BCUT2D eigenvalue weighted by molar-refractivity contribution is 5.72. The van der Waals surface area contributed by atoms with Gasteiger partial charge in [-0.2, -0.15) is 0 Å². The van der Waals surface area contributed by atoms with E-state index in [0.29, 0.717) is 37.3 Å². The van der Waals surface area contributed by atoms with Gasteiger partial charge in [-0.3, -0.25) is 4.90 Å². The van der Waals surface area contributed by atoms with Gasteiger partial charge in [-0.1, -0.05) is 12.2 Å². The van der Waals surface area contributed by atoms with Crippen LogP contribution in [-0.4, -0.2) is 66.0 Å². The number of ether oxygens (including phenoxy) is 2. The summed E-state index contributed by atoms with van der Waals surface area (Å²) in [7, 11) is 0. The Labute approximate surface area is 164 Å². The second-order valence-electron chi connectivity index (χ2n) is 8.21. The Morgan fingerprint density at radius 1 is 1.39 bits per heavy atom. The Balaban J connectivity index is 1.66. The first kappa shape index (κ1) is 20.4. The molecule has 0 aromatic heterocycles. The summed E-state index contributed by atoms with van der Waals surface area (Å²) >= 11 is 0. The average molecular weight is 393 g/mol. The van der Waals surface area contributed by atoms with Crippen LogP contribution in [0.4, 0.5) is 14.0 Å². The van der Waals surface area contributed by atoms with E-state index in [4.69, 9.17) is 15.2 Å². The molecule has 0 saturated carbocycles. The molecular formula is C20H28FN3O4. The first-order valence-electron chi connectivity index (χ1n) is 9.58. The Morgan fingerprint density at radius 2 is 2.14 bits per heavy atom. The molecule has 1 fully saturated rings. The quantitative estimate of drug-likeness (QED) is 0.797. The van der Waals surface area contributed by atoms with E-state index in [-0.39, 0.29) is 25.2 Å². The zero-order valence-electron chi connectivity index (χ0n) is 16.6. The zero-order valence-corrected chi connectivity index (χ0v) is 16.6. The Morgan fingerprint density at radius 3 is 2.68 bits per heavy atom. The number of halogens is 1. The standard InChI is InChI=1S/C20H28FN3O4/c1-20(2,3)28-18(25)23-8-6-13(7-9-23)16-5-4-14(10-17(16)21)24-12-15(11-22)27-19(24)26/h4-6,15,17H,7-12,22H2,1-3H3. The summed E-state index contributed by atoms with van der Waals surface area (Å²) in [6.45, 7) is 6.95. The van der Waals surface area contributed by atoms with Crippen molar-refractivity contribution in [2.24, 2.45) is 5.73 Å². The van der Waals surface area contributed by atoms with Gasteiger partial charge in [0.25, 0.3) is 0 Å². The van der Waals surface area contributed by atoms with Crippen LogP contribution in [0.25, 0.3) is 0 Å². The fourth-order valence-electron chi connectivity index (χ4n) is 3.46. The molecule has 2 aliphatic heterocycles. The number of allylic oxidation sites excluding steroid dienone is 4. The smallest absolute Gasteiger partial charge is 0.414 e. The fourth-order valence-corrected chi connectivity index (χ4v) is 3.46. The van der Waals surface area contributed by atoms with Crippen LogP contribution >= 0.6 is 0 Å². The molecule has 3 rings (SSSR count). The van der Waals surface area contributed by atoms with Crippen LogP contribution in [0.2, 0.25) is 0 Å². The summed E-state index contributed by atoms with van der Waals surface area (Å²) in [4.78, 5) is 27.2. The number of hydrogen-bond donors (Lipinski definition) is 1. The van der Waals surface area contributed by atoms with Gasteiger partial charge in [-0.25, -0.2) is 14.0 Å². The molecular weight excluding hydrogens is 365 g/mol. The van der Waals surface area contributed by atoms with Gasteiger partial charge in [0, 0.05) is 31.8 Å². The van der Waals surface area contributed by atoms with Crippen molar-refractivity contribution in [2.45, 2.75) is 51.5 Å². The Hall–Kier alpha value is -2.35. The van der Waals surface area contributed by atoms with Crippen LogP contribution in [0.15, 0.2) is 35.1 Å². The highest BCUT2D eigenvalue weighted by Gasteiger charge is 2.35. The van der Waals surface area contributed by atoms with Gasteiger partial charge in [0.05, 0.1) is 6.54 Å². The number of hydrogen-bond acceptors (Lipinski definition) is 5. The van der Waals surface area contributed by atoms with E-state index in [9.17, 15) is 14.0 Å². The lowest BCUT2D eigenvalue weighted by atomic mass is 9.90. The highest BCUT2D eigenvalue weighted by atomic mass is 19.1. The zero-order chi connectivity index (χ0) is 20.5. The lowest BCUT2D eigenvalue weighted by Gasteiger charge is -2.31. The van der Waals surface area contributed by atoms with Crippen molar-refractivity contribution in [1.82, 2.24) is 9.80 Å². The highest BCUT2D eigenvalue weighted by Crippen LogP contribution is 2.33. The lowest BCUT2D eigenvalue weighted by Crippen LogP contribution is -2.39. The largest absolute Gasteiger partial charge is 0.444 e. The van der Waals surface area contributed by atoms with Gasteiger partial charge in [0.2, 0.25) is 0 Å². The van der Waals surface area contributed by atoms with E-state index in [1.165, 1.54) is 4.90 Å². The topological polar surface area (TPSA) is 85.1 Å². The van der Waals surface area contributed by atoms with E-state index in [2.05, 4.69) is 0 Å². The predicted molar refractivity (Wildman–Crippen MR) is 102 cm³/mol. The van der Waals surface area contributed by atoms with Crippen LogP contribution in [0.5, 0.6) is 0 Å². The van der Waals surface area contributed by atoms with E-state index in [0.717, 1.165) is 5.57 Å². The molecule has 1 saturated heterocycles. The number of alkyl halides is 1. The Bertz CT molecular complexity index is 738. The molecule has 2 atom stereocenters. The van der Waals surface area contributed by atoms with Crippen molar-refractivity contribution < 1.29 is 23.5 Å². The number of rotatable bonds is 3. The van der Waals surface area contributed by atoms with Crippen molar-refractivity contribution in [2.75, 3.05) is 26.2 Å². The van der Waals surface area contributed by atoms with Crippen molar-refractivity contribution in [3.63, 3.8) is 0 Å². The molecule has 28 heavy (non-hydrogen) atoms. The van der Waals surface area contributed by atoms with Gasteiger partial charge in [0.1, 0.15) is 17.9 Å². The maximum Gasteiger partial charge on any atom is 0.414 e. The van der Waals surface area contributed by atoms with Gasteiger partial charge in [0.15, 0.2) is 0 Å². The maximum absolute atomic E-state index is 14.9. The summed E-state index contributed by atoms with van der Waals surface area (Å²) in [5.41, 5.74) is 7.11. The van der Waals surface area contributed by atoms with Gasteiger partial charge >= 0.3 is 12.2 Å². The van der Waals surface area contributed by atoms with Gasteiger partial charge < -0.3 is 20.1 Å². The minimum absolute atomic E-state index is 0.116. The number of carbonyl (C=O) groups is 2. The molecule has 8 heteroatoms. The molecule has 2 amide bonds. The molecule has 154 valence electrons. The molecule has 2 N–H and O–H groups in total. The molecule has 0 aromatic rings. The third-order valence-electron chi connectivity index (χ3n) is 4.90. The second kappa shape index (κ2) is 7.95. The molecule has 2 heterocycles. The SMILES string of the molecule is CC(C)(C)OC(=O)N1CC=C(C2=CC=C(N3CC(CN)OC3=O)CC2F)CC1. The summed E-state index contributed by atoms with van der Waals surface area (Å²) in [6, 6.07) is 0. The molecule has 0 aromatic carbocycles. The van der Waals surface area contributed by atoms with Crippen molar-refractivity contribution in [3.8, 4) is 0 Å². The van der Waals surface area contributed by atoms with Crippen molar-refractivity contribution in [1.29, 1.82) is 0 Å². The molecule has 0 spiro atoms. The first-order chi connectivity index (χ1) is 13.2. The number of nitrogens with zero attached hydrogens (tertiary/aromatic N) is 2. The van der Waals surface area contributed by atoms with Crippen LogP contribution in [0.1, 0.15) is 33.6 Å². The van der Waals surface area contributed by atoms with E-state index in [1.54, 1.807) is 17.1 Å². The number of cyclic esters (lactones) is 1. The van der Waals surface area contributed by atoms with Crippen LogP contribution in [0, 0.1) is 0 Å².